The summed E-state index contributed by atoms with van der Waals surface area (Å²) in [4.78, 5) is 2.55. The van der Waals surface area contributed by atoms with Gasteiger partial charge in [0.15, 0.2) is 0 Å². The molecular weight excluding hydrogens is 727 g/mol. The van der Waals surface area contributed by atoms with Crippen molar-refractivity contribution in [3.63, 3.8) is 0 Å². The van der Waals surface area contributed by atoms with Gasteiger partial charge in [0.2, 0.25) is 0 Å². The molecule has 4 bridgehead atoms. The first kappa shape index (κ1) is 34.2. The van der Waals surface area contributed by atoms with E-state index in [9.17, 15) is 0 Å². The number of anilines is 3. The Morgan fingerprint density at radius 3 is 1.68 bits per heavy atom. The third kappa shape index (κ3) is 4.94. The van der Waals surface area contributed by atoms with Gasteiger partial charge in [0.05, 0.1) is 5.69 Å². The Morgan fingerprint density at radius 2 is 0.917 bits per heavy atom. The molecule has 0 unspecified atom stereocenters. The van der Waals surface area contributed by atoms with Crippen LogP contribution in [0.3, 0.4) is 0 Å². The highest BCUT2D eigenvalue weighted by Crippen LogP contribution is 2.69. The van der Waals surface area contributed by atoms with Crippen molar-refractivity contribution in [1.29, 1.82) is 0 Å². The van der Waals surface area contributed by atoms with E-state index < -0.39 is 0 Å². The van der Waals surface area contributed by atoms with E-state index in [-0.39, 0.29) is 5.41 Å². The van der Waals surface area contributed by atoms with Crippen LogP contribution in [-0.2, 0) is 5.41 Å². The summed E-state index contributed by atoms with van der Waals surface area (Å²) in [7, 11) is 0. The second kappa shape index (κ2) is 13.2. The second-order valence-corrected chi connectivity index (χ2v) is 18.0. The van der Waals surface area contributed by atoms with Crippen molar-refractivity contribution >= 4 is 39.0 Å². The van der Waals surface area contributed by atoms with Crippen molar-refractivity contribution < 1.29 is 4.42 Å². The lowest BCUT2D eigenvalue weighted by Crippen LogP contribution is -2.55. The topological polar surface area (TPSA) is 16.4 Å². The first-order valence-electron chi connectivity index (χ1n) is 22.0. The standard InChI is InChI=1S/C58H45NO/c1-2-14-39(15-3-1)44-16-4-5-17-45(44)46-18-6-7-19-47(46)50-21-9-12-24-55(50)59(42-27-29-57-52(35-42)51-22-10-13-25-56(51)60-57)43-26-28-49-48-20-8-11-23-53(48)58(54(49)36-43)40-31-37-30-38(33-40)34-41(58)32-37/h1-29,35-38,40-41H,30-34H2. The normalized spacial score (nSPS) is 22.1. The minimum atomic E-state index is 0.0685. The fraction of sp³-hybridized carbons (Fsp3) is 0.172. The smallest absolute Gasteiger partial charge is 0.135 e. The molecule has 14 rings (SSSR count). The van der Waals surface area contributed by atoms with Crippen molar-refractivity contribution in [2.45, 2.75) is 37.5 Å². The highest BCUT2D eigenvalue weighted by atomic mass is 16.3. The van der Waals surface area contributed by atoms with Crippen LogP contribution in [0, 0.1) is 23.7 Å². The van der Waals surface area contributed by atoms with Gasteiger partial charge in [-0.1, -0.05) is 146 Å². The molecule has 4 fully saturated rings. The van der Waals surface area contributed by atoms with Crippen LogP contribution in [0.15, 0.2) is 192 Å². The fourth-order valence-corrected chi connectivity index (χ4v) is 13.0. The molecule has 8 aromatic carbocycles. The van der Waals surface area contributed by atoms with E-state index >= 15 is 0 Å². The maximum absolute atomic E-state index is 6.41. The SMILES string of the molecule is c1ccc(-c2ccccc2-c2ccccc2-c2ccccc2N(c2ccc3c(c2)C2(c4ccccc4-3)C3CC4CC(C3)CC2C4)c2ccc3oc4ccccc4c3c2)cc1. The summed E-state index contributed by atoms with van der Waals surface area (Å²) < 4.78 is 6.41. The summed E-state index contributed by atoms with van der Waals surface area (Å²) in [6.07, 6.45) is 6.91. The van der Waals surface area contributed by atoms with Gasteiger partial charge in [-0.05, 0) is 148 Å². The number of para-hydroxylation sites is 2. The first-order chi connectivity index (χ1) is 29.7. The van der Waals surface area contributed by atoms with Crippen LogP contribution in [-0.4, -0.2) is 0 Å². The van der Waals surface area contributed by atoms with Crippen molar-refractivity contribution in [2.75, 3.05) is 4.90 Å². The maximum atomic E-state index is 6.41. The zero-order chi connectivity index (χ0) is 39.4. The van der Waals surface area contributed by atoms with Crippen LogP contribution < -0.4 is 4.90 Å². The predicted octanol–water partition coefficient (Wildman–Crippen LogP) is 15.8. The Kier molecular flexibility index (Phi) is 7.52. The Hall–Kier alpha value is -6.64. The van der Waals surface area contributed by atoms with Crippen LogP contribution in [0.4, 0.5) is 17.1 Å². The van der Waals surface area contributed by atoms with Gasteiger partial charge in [0.1, 0.15) is 11.2 Å². The molecule has 0 atom stereocenters. The molecule has 4 saturated carbocycles. The molecule has 2 nitrogen and oxygen atoms in total. The molecule has 1 heterocycles. The molecule has 0 saturated heterocycles. The minimum Gasteiger partial charge on any atom is -0.456 e. The van der Waals surface area contributed by atoms with Crippen molar-refractivity contribution in [2.24, 2.45) is 23.7 Å². The Bertz CT molecular complexity index is 3110. The molecule has 1 aromatic heterocycles. The van der Waals surface area contributed by atoms with Crippen LogP contribution >= 0.6 is 0 Å². The van der Waals surface area contributed by atoms with E-state index in [4.69, 9.17) is 4.42 Å². The molecule has 5 aliphatic carbocycles. The lowest BCUT2D eigenvalue weighted by atomic mass is 9.43. The van der Waals surface area contributed by atoms with Crippen LogP contribution in [0.5, 0.6) is 0 Å². The predicted molar refractivity (Wildman–Crippen MR) is 248 cm³/mol. The van der Waals surface area contributed by atoms with E-state index in [0.717, 1.165) is 45.1 Å². The van der Waals surface area contributed by atoms with Gasteiger partial charge in [-0.25, -0.2) is 0 Å². The number of nitrogens with zero attached hydrogens (tertiary/aromatic N) is 1. The van der Waals surface area contributed by atoms with Crippen LogP contribution in [0.1, 0.15) is 43.2 Å². The van der Waals surface area contributed by atoms with Gasteiger partial charge < -0.3 is 9.32 Å². The Morgan fingerprint density at radius 1 is 0.383 bits per heavy atom. The van der Waals surface area contributed by atoms with Crippen molar-refractivity contribution in [3.8, 4) is 44.5 Å². The van der Waals surface area contributed by atoms with E-state index in [0.29, 0.717) is 11.8 Å². The number of hydrogen-bond donors (Lipinski definition) is 0. The molecule has 0 radical (unpaired) electrons. The lowest BCUT2D eigenvalue weighted by Gasteiger charge is -2.61. The number of benzene rings is 8. The van der Waals surface area contributed by atoms with Crippen LogP contribution in [0.2, 0.25) is 0 Å². The number of rotatable bonds is 6. The summed E-state index contributed by atoms with van der Waals surface area (Å²) in [5.74, 6) is 3.17. The molecule has 1 spiro atoms. The quantitative estimate of drug-likeness (QED) is 0.167. The van der Waals surface area contributed by atoms with Gasteiger partial charge in [0.25, 0.3) is 0 Å². The van der Waals surface area contributed by atoms with E-state index in [2.05, 4.69) is 193 Å². The molecule has 0 amide bonds. The molecule has 0 N–H and O–H groups in total. The maximum Gasteiger partial charge on any atom is 0.135 e. The lowest BCUT2D eigenvalue weighted by molar-refractivity contribution is -0.0399. The first-order valence-corrected chi connectivity index (χ1v) is 22.0. The van der Waals surface area contributed by atoms with Gasteiger partial charge in [-0.3, -0.25) is 0 Å². The summed E-state index contributed by atoms with van der Waals surface area (Å²) >= 11 is 0. The third-order valence-corrected chi connectivity index (χ3v) is 15.1. The van der Waals surface area contributed by atoms with Crippen molar-refractivity contribution in [1.82, 2.24) is 0 Å². The minimum absolute atomic E-state index is 0.0685. The zero-order valence-corrected chi connectivity index (χ0v) is 33.6. The van der Waals surface area contributed by atoms with E-state index in [1.54, 1.807) is 11.1 Å². The zero-order valence-electron chi connectivity index (χ0n) is 33.6. The molecule has 288 valence electrons. The molecular formula is C58H45NO. The highest BCUT2D eigenvalue weighted by Gasteiger charge is 2.61. The number of hydrogen-bond acceptors (Lipinski definition) is 2. The van der Waals surface area contributed by atoms with Gasteiger partial charge in [0, 0.05) is 33.1 Å². The van der Waals surface area contributed by atoms with Gasteiger partial charge in [-0.15, -0.1) is 0 Å². The summed E-state index contributed by atoms with van der Waals surface area (Å²) in [5, 5.41) is 2.27. The summed E-state index contributed by atoms with van der Waals surface area (Å²) in [6.45, 7) is 0. The summed E-state index contributed by atoms with van der Waals surface area (Å²) in [5.41, 5.74) is 18.7. The second-order valence-electron chi connectivity index (χ2n) is 18.0. The van der Waals surface area contributed by atoms with E-state index in [1.807, 2.05) is 0 Å². The Labute approximate surface area is 351 Å². The molecule has 9 aromatic rings. The van der Waals surface area contributed by atoms with Gasteiger partial charge >= 0.3 is 0 Å². The average Bonchev–Trinajstić information content (AvgIpc) is 3.82. The average molecular weight is 772 g/mol. The van der Waals surface area contributed by atoms with Gasteiger partial charge in [-0.2, -0.15) is 0 Å². The highest BCUT2D eigenvalue weighted by molar-refractivity contribution is 6.07. The number of fused-ring (bicyclic) bond motifs is 6. The van der Waals surface area contributed by atoms with Crippen LogP contribution in [0.25, 0.3) is 66.4 Å². The third-order valence-electron chi connectivity index (χ3n) is 15.1. The molecule has 60 heavy (non-hydrogen) atoms. The Balaban J connectivity index is 1.05. The van der Waals surface area contributed by atoms with E-state index in [1.165, 1.54) is 82.3 Å². The fourth-order valence-electron chi connectivity index (χ4n) is 13.0. The monoisotopic (exact) mass is 771 g/mol. The largest absolute Gasteiger partial charge is 0.456 e. The summed E-state index contributed by atoms with van der Waals surface area (Å²) in [6, 6.07) is 69.9. The number of furan rings is 1. The molecule has 5 aliphatic rings. The molecule has 2 heteroatoms. The molecule has 0 aliphatic heterocycles. The van der Waals surface area contributed by atoms with Crippen molar-refractivity contribution in [3.05, 3.63) is 199 Å².